The van der Waals surface area contributed by atoms with E-state index in [2.05, 4.69) is 5.32 Å². The summed E-state index contributed by atoms with van der Waals surface area (Å²) in [5.41, 5.74) is 0.611. The van der Waals surface area contributed by atoms with E-state index >= 15 is 0 Å². The summed E-state index contributed by atoms with van der Waals surface area (Å²) in [5, 5.41) is 2.30. The first-order chi connectivity index (χ1) is 12.0. The van der Waals surface area contributed by atoms with Crippen molar-refractivity contribution in [1.82, 2.24) is 0 Å². The highest BCUT2D eigenvalue weighted by atomic mass is 32.2. The van der Waals surface area contributed by atoms with Crippen LogP contribution in [0.1, 0.15) is 13.8 Å². The predicted molar refractivity (Wildman–Crippen MR) is 98.9 cm³/mol. The third-order valence-electron chi connectivity index (χ3n) is 3.41. The number of benzene rings is 2. The van der Waals surface area contributed by atoms with Gasteiger partial charge in [0.1, 0.15) is 11.0 Å². The summed E-state index contributed by atoms with van der Waals surface area (Å²) in [5.74, 6) is -0.106. The molecule has 0 bridgehead atoms. The third-order valence-corrected chi connectivity index (χ3v) is 4.50. The van der Waals surface area contributed by atoms with Gasteiger partial charge in [0.2, 0.25) is 0 Å². The van der Waals surface area contributed by atoms with Gasteiger partial charge in [-0.15, -0.1) is 11.8 Å². The van der Waals surface area contributed by atoms with E-state index in [1.807, 2.05) is 30.3 Å². The average molecular weight is 359 g/mol. The molecule has 0 aliphatic carbocycles. The number of amides is 1. The van der Waals surface area contributed by atoms with Crippen LogP contribution in [0, 0.1) is 0 Å². The van der Waals surface area contributed by atoms with Crippen LogP contribution < -0.4 is 10.1 Å². The Morgan fingerprint density at radius 3 is 2.24 bits per heavy atom. The number of thioether (sulfide) groups is 1. The standard InChI is InChI=1S/C19H21NO4S/c1-13(18(21)20-15-9-11-16(23-3)12-10-15)24-19(22)14(2)25-17-7-5-4-6-8-17/h4-14H,1-3H3,(H,20,21)/t13-,14+/m1/s1. The van der Waals surface area contributed by atoms with Gasteiger partial charge < -0.3 is 14.8 Å². The maximum absolute atomic E-state index is 12.2. The molecule has 1 N–H and O–H groups in total. The number of methoxy groups -OCH3 is 1. The summed E-state index contributed by atoms with van der Waals surface area (Å²) in [6, 6.07) is 16.5. The normalized spacial score (nSPS) is 12.8. The van der Waals surface area contributed by atoms with Gasteiger partial charge in [-0.1, -0.05) is 18.2 Å². The van der Waals surface area contributed by atoms with Gasteiger partial charge in [-0.05, 0) is 50.2 Å². The van der Waals surface area contributed by atoms with E-state index in [1.54, 1.807) is 45.2 Å². The molecule has 5 nitrogen and oxygen atoms in total. The molecule has 0 fully saturated rings. The summed E-state index contributed by atoms with van der Waals surface area (Å²) in [6.45, 7) is 3.31. The van der Waals surface area contributed by atoms with Gasteiger partial charge in [-0.3, -0.25) is 9.59 Å². The minimum atomic E-state index is -0.881. The maximum atomic E-state index is 12.2. The molecule has 0 radical (unpaired) electrons. The van der Waals surface area contributed by atoms with Crippen LogP contribution >= 0.6 is 11.8 Å². The fourth-order valence-corrected chi connectivity index (χ4v) is 2.87. The van der Waals surface area contributed by atoms with Crippen LogP contribution in [0.2, 0.25) is 0 Å². The number of hydrogen-bond donors (Lipinski definition) is 1. The maximum Gasteiger partial charge on any atom is 0.319 e. The lowest BCUT2D eigenvalue weighted by molar-refractivity contribution is -0.152. The van der Waals surface area contributed by atoms with Crippen LogP contribution in [0.5, 0.6) is 5.75 Å². The molecule has 2 aromatic carbocycles. The molecule has 2 aromatic rings. The van der Waals surface area contributed by atoms with E-state index in [0.29, 0.717) is 11.4 Å². The zero-order valence-electron chi connectivity index (χ0n) is 14.4. The number of ether oxygens (including phenoxy) is 2. The van der Waals surface area contributed by atoms with E-state index in [4.69, 9.17) is 9.47 Å². The quantitative estimate of drug-likeness (QED) is 0.602. The summed E-state index contributed by atoms with van der Waals surface area (Å²) in [4.78, 5) is 25.3. The molecule has 25 heavy (non-hydrogen) atoms. The molecule has 0 heterocycles. The Hall–Kier alpha value is -2.47. The van der Waals surface area contributed by atoms with Gasteiger partial charge in [-0.25, -0.2) is 0 Å². The SMILES string of the molecule is COc1ccc(NC(=O)[C@@H](C)OC(=O)[C@H](C)Sc2ccccc2)cc1. The van der Waals surface area contributed by atoms with Crippen molar-refractivity contribution >= 4 is 29.3 Å². The Labute approximate surface area is 151 Å². The van der Waals surface area contributed by atoms with Gasteiger partial charge >= 0.3 is 5.97 Å². The van der Waals surface area contributed by atoms with Gasteiger partial charge in [0.25, 0.3) is 5.91 Å². The second kappa shape index (κ2) is 9.13. The van der Waals surface area contributed by atoms with Crippen molar-refractivity contribution in [2.75, 3.05) is 12.4 Å². The lowest BCUT2D eigenvalue weighted by Gasteiger charge is -2.16. The van der Waals surface area contributed by atoms with Gasteiger partial charge in [0.05, 0.1) is 7.11 Å². The Kier molecular flexibility index (Phi) is 6.89. The van der Waals surface area contributed by atoms with Gasteiger partial charge in [-0.2, -0.15) is 0 Å². The van der Waals surface area contributed by atoms with Crippen LogP contribution in [0.4, 0.5) is 5.69 Å². The molecular weight excluding hydrogens is 338 g/mol. The first kappa shape index (κ1) is 18.9. The Balaban J connectivity index is 1.85. The lowest BCUT2D eigenvalue weighted by Crippen LogP contribution is -2.32. The molecule has 0 aliphatic rings. The van der Waals surface area contributed by atoms with Crippen LogP contribution in [-0.4, -0.2) is 30.3 Å². The molecule has 1 amide bonds. The van der Waals surface area contributed by atoms with Crippen LogP contribution in [0.3, 0.4) is 0 Å². The molecule has 0 aromatic heterocycles. The first-order valence-electron chi connectivity index (χ1n) is 7.86. The minimum absolute atomic E-state index is 0.379. The van der Waals surface area contributed by atoms with Crippen molar-refractivity contribution in [3.63, 3.8) is 0 Å². The van der Waals surface area contributed by atoms with Crippen molar-refractivity contribution in [2.45, 2.75) is 30.1 Å². The Morgan fingerprint density at radius 1 is 1.00 bits per heavy atom. The highest BCUT2D eigenvalue weighted by Gasteiger charge is 2.22. The monoisotopic (exact) mass is 359 g/mol. The third kappa shape index (κ3) is 5.83. The van der Waals surface area contributed by atoms with E-state index in [9.17, 15) is 9.59 Å². The second-order valence-electron chi connectivity index (χ2n) is 5.37. The lowest BCUT2D eigenvalue weighted by atomic mass is 10.3. The molecule has 0 saturated heterocycles. The first-order valence-corrected chi connectivity index (χ1v) is 8.74. The molecule has 0 spiro atoms. The average Bonchev–Trinajstić information content (AvgIpc) is 2.63. The number of hydrogen-bond acceptors (Lipinski definition) is 5. The minimum Gasteiger partial charge on any atom is -0.497 e. The number of nitrogens with one attached hydrogen (secondary N) is 1. The second-order valence-corrected chi connectivity index (χ2v) is 6.78. The number of carbonyl (C=O) groups is 2. The largest absolute Gasteiger partial charge is 0.497 e. The highest BCUT2D eigenvalue weighted by Crippen LogP contribution is 2.24. The highest BCUT2D eigenvalue weighted by molar-refractivity contribution is 8.00. The van der Waals surface area contributed by atoms with E-state index in [-0.39, 0.29) is 5.91 Å². The zero-order valence-corrected chi connectivity index (χ0v) is 15.2. The topological polar surface area (TPSA) is 64.6 Å². The van der Waals surface area contributed by atoms with Crippen molar-refractivity contribution in [2.24, 2.45) is 0 Å². The summed E-state index contributed by atoms with van der Waals surface area (Å²) >= 11 is 1.39. The molecule has 2 atom stereocenters. The summed E-state index contributed by atoms with van der Waals surface area (Å²) in [6.07, 6.45) is -0.881. The number of rotatable bonds is 7. The zero-order chi connectivity index (χ0) is 18.2. The molecule has 132 valence electrons. The van der Waals surface area contributed by atoms with Crippen LogP contribution in [0.15, 0.2) is 59.5 Å². The van der Waals surface area contributed by atoms with Gasteiger partial charge in [0, 0.05) is 10.6 Å². The molecule has 6 heteroatoms. The van der Waals surface area contributed by atoms with Crippen molar-refractivity contribution in [3.05, 3.63) is 54.6 Å². The van der Waals surface area contributed by atoms with E-state index < -0.39 is 17.3 Å². The number of anilines is 1. The fourth-order valence-electron chi connectivity index (χ4n) is 1.99. The number of esters is 1. The molecular formula is C19H21NO4S. The van der Waals surface area contributed by atoms with Crippen molar-refractivity contribution < 1.29 is 19.1 Å². The van der Waals surface area contributed by atoms with E-state index in [0.717, 1.165) is 4.90 Å². The molecule has 2 rings (SSSR count). The molecule has 0 saturated carbocycles. The van der Waals surface area contributed by atoms with E-state index in [1.165, 1.54) is 11.8 Å². The van der Waals surface area contributed by atoms with Crippen LogP contribution in [-0.2, 0) is 14.3 Å². The summed E-state index contributed by atoms with van der Waals surface area (Å²) < 4.78 is 10.3. The summed E-state index contributed by atoms with van der Waals surface area (Å²) in [7, 11) is 1.57. The van der Waals surface area contributed by atoms with Crippen molar-refractivity contribution in [1.29, 1.82) is 0 Å². The van der Waals surface area contributed by atoms with Crippen molar-refractivity contribution in [3.8, 4) is 5.75 Å². The molecule has 0 unspecified atom stereocenters. The Morgan fingerprint density at radius 2 is 1.64 bits per heavy atom. The molecule has 0 aliphatic heterocycles. The number of carbonyl (C=O) groups excluding carboxylic acids is 2. The predicted octanol–water partition coefficient (Wildman–Crippen LogP) is 3.75. The van der Waals surface area contributed by atoms with Crippen LogP contribution in [0.25, 0.3) is 0 Å². The van der Waals surface area contributed by atoms with Gasteiger partial charge in [0.15, 0.2) is 6.10 Å². The fraction of sp³-hybridized carbons (Fsp3) is 0.263. The Bertz CT molecular complexity index is 703. The smallest absolute Gasteiger partial charge is 0.319 e.